The highest BCUT2D eigenvalue weighted by atomic mass is 31.2. The number of hydrogen-bond acceptors (Lipinski definition) is 18. The Hall–Kier alpha value is -2.96. The Bertz CT molecular complexity index is 1390. The number of nitrogens with one attached hydrogen (secondary N) is 2. The molecule has 0 aliphatic carbocycles. The molecule has 11 N–H and O–H groups in total. The molecule has 2 aliphatic heterocycles. The van der Waals surface area contributed by atoms with Gasteiger partial charge in [-0.25, -0.2) is 13.9 Å². The Morgan fingerprint density at radius 2 is 1.96 bits per heavy atom. The van der Waals surface area contributed by atoms with E-state index in [0.29, 0.717) is 6.61 Å². The Morgan fingerprint density at radius 1 is 1.24 bits per heavy atom. The van der Waals surface area contributed by atoms with Crippen LogP contribution in [-0.4, -0.2) is 151 Å². The Morgan fingerprint density at radius 3 is 2.59 bits per heavy atom. The van der Waals surface area contributed by atoms with Crippen molar-refractivity contribution in [1.29, 1.82) is 0 Å². The first kappa shape index (κ1) is 40.5. The lowest BCUT2D eigenvalue weighted by atomic mass is 9.89. The molecular formula is C26H42N5O17P. The summed E-state index contributed by atoms with van der Waals surface area (Å²) in [7, 11) is -5.42. The van der Waals surface area contributed by atoms with Gasteiger partial charge in [-0.1, -0.05) is 6.92 Å². The van der Waals surface area contributed by atoms with Gasteiger partial charge in [0.25, 0.3) is 0 Å². The lowest BCUT2D eigenvalue weighted by molar-refractivity contribution is -0.274. The number of carbonyl (C=O) groups excluding carboxylic acids is 3. The van der Waals surface area contributed by atoms with Crippen molar-refractivity contribution in [2.24, 2.45) is 0 Å². The van der Waals surface area contributed by atoms with Crippen LogP contribution in [0.25, 0.3) is 0 Å². The van der Waals surface area contributed by atoms with Crippen molar-refractivity contribution in [3.8, 4) is 0 Å². The molecule has 3 heterocycles. The van der Waals surface area contributed by atoms with E-state index in [4.69, 9.17) is 29.0 Å². The van der Waals surface area contributed by atoms with Gasteiger partial charge in [0.1, 0.15) is 42.4 Å². The standard InChI is InChI=1S/C26H42N5O17P/c1-2-6-44-7-4-17(36)28-9-18(37)30-19-13(34)8-26(12-33,47-23(19)20(38)14(35)10-32)48-49(42,43)45-11-15-21(39)22(40)24(46-15)31-5-3-16(27)29-25(31)41/h3,5,12-15,19-24,32,34-35,38-40H,2,4,6-11H2,1H3,(H,28,36)(H,30,37)(H,42,43)(H2,27,29,41)/t13?,14-,15-,19?,20?,21?,22?,23?,24-,26?/m1/s1. The van der Waals surface area contributed by atoms with Crippen LogP contribution in [0, 0.1) is 0 Å². The number of amides is 2. The molecule has 2 fully saturated rings. The van der Waals surface area contributed by atoms with Gasteiger partial charge in [0, 0.05) is 25.6 Å². The highest BCUT2D eigenvalue weighted by Crippen LogP contribution is 2.50. The summed E-state index contributed by atoms with van der Waals surface area (Å²) < 4.78 is 39.7. The largest absolute Gasteiger partial charge is 0.475 e. The van der Waals surface area contributed by atoms with Gasteiger partial charge >= 0.3 is 13.5 Å². The summed E-state index contributed by atoms with van der Waals surface area (Å²) in [4.78, 5) is 62.9. The molecule has 2 aliphatic rings. The number of aromatic nitrogens is 2. The maximum absolute atomic E-state index is 13.0. The van der Waals surface area contributed by atoms with E-state index < -0.39 is 112 Å². The first-order chi connectivity index (χ1) is 23.1. The van der Waals surface area contributed by atoms with E-state index >= 15 is 0 Å². The van der Waals surface area contributed by atoms with Crippen molar-refractivity contribution in [3.63, 3.8) is 0 Å². The smallest absolute Gasteiger partial charge is 0.394 e. The van der Waals surface area contributed by atoms with Crippen LogP contribution in [0.1, 0.15) is 32.4 Å². The minimum Gasteiger partial charge on any atom is -0.394 e. The van der Waals surface area contributed by atoms with Crippen LogP contribution in [0.15, 0.2) is 17.1 Å². The molecule has 0 spiro atoms. The third-order valence-electron chi connectivity index (χ3n) is 7.43. The number of carbonyl (C=O) groups is 3. The molecule has 2 amide bonds. The van der Waals surface area contributed by atoms with Crippen molar-refractivity contribution in [3.05, 3.63) is 22.7 Å². The highest BCUT2D eigenvalue weighted by molar-refractivity contribution is 7.47. The molecule has 11 atom stereocenters. The van der Waals surface area contributed by atoms with E-state index in [1.807, 2.05) is 6.92 Å². The van der Waals surface area contributed by atoms with Crippen molar-refractivity contribution in [2.45, 2.75) is 87.0 Å². The van der Waals surface area contributed by atoms with Crippen LogP contribution in [0.2, 0.25) is 0 Å². The summed E-state index contributed by atoms with van der Waals surface area (Å²) in [6.07, 6.45) is -13.8. The number of hydrogen-bond donors (Lipinski definition) is 10. The fourth-order valence-corrected chi connectivity index (χ4v) is 5.89. The SMILES string of the molecule is CCCOCCC(=O)NCC(=O)NC1C(O)CC(C=O)(OP(=O)(O)OC[C@H]2O[C@@H](n3ccc(N)nc3=O)C(O)C2O)OC1C(O)[C@H](O)CO. The van der Waals surface area contributed by atoms with Crippen LogP contribution in [0.3, 0.4) is 0 Å². The molecular weight excluding hydrogens is 685 g/mol. The zero-order valence-corrected chi connectivity index (χ0v) is 27.1. The lowest BCUT2D eigenvalue weighted by Gasteiger charge is -2.46. The fraction of sp³-hybridized carbons (Fsp3) is 0.731. The summed E-state index contributed by atoms with van der Waals surface area (Å²) >= 11 is 0. The van der Waals surface area contributed by atoms with E-state index in [1.54, 1.807) is 0 Å². The molecule has 0 saturated carbocycles. The van der Waals surface area contributed by atoms with E-state index in [1.165, 1.54) is 6.07 Å². The van der Waals surface area contributed by atoms with Gasteiger partial charge in [-0.05, 0) is 12.5 Å². The average Bonchev–Trinajstić information content (AvgIpc) is 3.33. The van der Waals surface area contributed by atoms with Crippen LogP contribution in [-0.2, 0) is 42.2 Å². The van der Waals surface area contributed by atoms with Gasteiger partial charge in [-0.2, -0.15) is 4.98 Å². The molecule has 8 unspecified atom stereocenters. The molecule has 0 bridgehead atoms. The number of aliphatic hydroxyl groups excluding tert-OH is 6. The normalized spacial score (nSPS) is 31.0. The number of phosphoric acid groups is 1. The van der Waals surface area contributed by atoms with Crippen LogP contribution in [0.4, 0.5) is 5.82 Å². The quantitative estimate of drug-likeness (QED) is 0.0383. The molecule has 23 heteroatoms. The summed E-state index contributed by atoms with van der Waals surface area (Å²) in [5, 5.41) is 66.4. The van der Waals surface area contributed by atoms with E-state index in [0.717, 1.165) is 17.2 Å². The zero-order valence-electron chi connectivity index (χ0n) is 26.2. The number of nitrogens with zero attached hydrogens (tertiary/aromatic N) is 2. The number of ether oxygens (including phenoxy) is 3. The first-order valence-electron chi connectivity index (χ1n) is 15.0. The highest BCUT2D eigenvalue weighted by Gasteiger charge is 2.55. The molecule has 22 nitrogen and oxygen atoms in total. The molecule has 1 aromatic rings. The number of aldehydes is 1. The van der Waals surface area contributed by atoms with Gasteiger partial charge in [-0.3, -0.25) is 23.5 Å². The number of rotatable bonds is 18. The monoisotopic (exact) mass is 727 g/mol. The number of nitrogens with two attached hydrogens (primary N) is 1. The summed E-state index contributed by atoms with van der Waals surface area (Å²) in [6.45, 7) is -0.204. The van der Waals surface area contributed by atoms with Crippen molar-refractivity contribution < 1.29 is 77.7 Å². The third-order valence-corrected chi connectivity index (χ3v) is 8.44. The predicted octanol–water partition coefficient (Wildman–Crippen LogP) is -5.24. The maximum atomic E-state index is 13.0. The van der Waals surface area contributed by atoms with Gasteiger partial charge in [0.15, 0.2) is 12.5 Å². The number of aliphatic hydroxyl groups is 6. The topological polar surface area (TPSA) is 341 Å². The first-order valence-corrected chi connectivity index (χ1v) is 16.5. The Labute approximate surface area is 278 Å². The Balaban J connectivity index is 1.68. The average molecular weight is 728 g/mol. The summed E-state index contributed by atoms with van der Waals surface area (Å²) in [5.74, 6) is -4.44. The number of nitrogen functional groups attached to an aromatic ring is 1. The molecule has 0 aromatic carbocycles. The van der Waals surface area contributed by atoms with E-state index in [2.05, 4.69) is 15.6 Å². The Kier molecular flexibility index (Phi) is 14.7. The van der Waals surface area contributed by atoms with Crippen molar-refractivity contribution in [2.75, 3.05) is 38.7 Å². The van der Waals surface area contributed by atoms with Gasteiger partial charge in [0.2, 0.25) is 17.6 Å². The lowest BCUT2D eigenvalue weighted by Crippen LogP contribution is -2.67. The zero-order chi connectivity index (χ0) is 36.5. The van der Waals surface area contributed by atoms with Gasteiger partial charge < -0.3 is 66.1 Å². The van der Waals surface area contributed by atoms with E-state index in [-0.39, 0.29) is 25.1 Å². The van der Waals surface area contributed by atoms with Crippen LogP contribution in [0.5, 0.6) is 0 Å². The number of anilines is 1. The molecule has 49 heavy (non-hydrogen) atoms. The minimum absolute atomic E-state index is 0.0535. The van der Waals surface area contributed by atoms with Crippen molar-refractivity contribution in [1.82, 2.24) is 20.2 Å². The second-order valence-electron chi connectivity index (χ2n) is 11.2. The molecule has 278 valence electrons. The van der Waals surface area contributed by atoms with Gasteiger partial charge in [0.05, 0.1) is 38.5 Å². The maximum Gasteiger partial charge on any atom is 0.475 e. The second kappa shape index (κ2) is 17.8. The molecule has 3 rings (SSSR count). The number of phosphoric ester groups is 1. The van der Waals surface area contributed by atoms with E-state index in [9.17, 15) is 59.3 Å². The third kappa shape index (κ3) is 10.8. The minimum atomic E-state index is -5.42. The summed E-state index contributed by atoms with van der Waals surface area (Å²) in [5.41, 5.74) is 4.50. The second-order valence-corrected chi connectivity index (χ2v) is 12.6. The molecule has 1 aromatic heterocycles. The van der Waals surface area contributed by atoms with Crippen molar-refractivity contribution >= 4 is 31.7 Å². The van der Waals surface area contributed by atoms with Crippen LogP contribution >= 0.6 is 7.82 Å². The molecule has 0 radical (unpaired) electrons. The van der Waals surface area contributed by atoms with Crippen LogP contribution < -0.4 is 22.1 Å². The fourth-order valence-electron chi connectivity index (χ4n) is 4.95. The predicted molar refractivity (Wildman–Crippen MR) is 160 cm³/mol. The summed E-state index contributed by atoms with van der Waals surface area (Å²) in [6, 6.07) is -0.416. The van der Waals surface area contributed by atoms with Gasteiger partial charge in [-0.15, -0.1) is 0 Å². The molecule has 2 saturated heterocycles.